The van der Waals surface area contributed by atoms with Crippen LogP contribution in [0.15, 0.2) is 54.7 Å². The Kier molecular flexibility index (Phi) is 5.39. The summed E-state index contributed by atoms with van der Waals surface area (Å²) in [5.74, 6) is 0.110. The van der Waals surface area contributed by atoms with Crippen molar-refractivity contribution in [2.75, 3.05) is 0 Å². The summed E-state index contributed by atoms with van der Waals surface area (Å²) in [5, 5.41) is 14.4. The summed E-state index contributed by atoms with van der Waals surface area (Å²) in [6.07, 6.45) is 5.70. The standard InChI is InChI=1S/C23H22N4O2/c24-15-21-25-14-11-20(26-21)23(12-4-1-5-13-23)27-22(28)29-16-18-9-6-8-17-7-2-3-10-19(17)18/h2-3,6-11,14H,1,4-5,12-13,16H2,(H,27,28). The predicted octanol–water partition coefficient (Wildman–Crippen LogP) is 4.59. The number of nitrogens with one attached hydrogen (secondary N) is 1. The number of carbonyl (C=O) groups excluding carboxylic acids is 1. The van der Waals surface area contributed by atoms with Gasteiger partial charge in [0.05, 0.1) is 11.2 Å². The van der Waals surface area contributed by atoms with Crippen molar-refractivity contribution in [3.8, 4) is 6.07 Å². The molecular weight excluding hydrogens is 364 g/mol. The van der Waals surface area contributed by atoms with Gasteiger partial charge in [0.15, 0.2) is 0 Å². The maximum Gasteiger partial charge on any atom is 0.408 e. The molecule has 1 aromatic heterocycles. The normalized spacial score (nSPS) is 15.4. The molecule has 6 heteroatoms. The number of ether oxygens (including phenoxy) is 1. The van der Waals surface area contributed by atoms with Crippen molar-refractivity contribution in [3.63, 3.8) is 0 Å². The van der Waals surface area contributed by atoms with Gasteiger partial charge in [0.25, 0.3) is 0 Å². The van der Waals surface area contributed by atoms with Gasteiger partial charge >= 0.3 is 6.09 Å². The van der Waals surface area contributed by atoms with Gasteiger partial charge < -0.3 is 10.1 Å². The van der Waals surface area contributed by atoms with E-state index in [1.54, 1.807) is 12.3 Å². The molecule has 1 fully saturated rings. The molecule has 2 aromatic carbocycles. The van der Waals surface area contributed by atoms with Gasteiger partial charge in [0.2, 0.25) is 5.82 Å². The number of nitrogens with zero attached hydrogens (tertiary/aromatic N) is 3. The Morgan fingerprint density at radius 2 is 1.90 bits per heavy atom. The zero-order valence-corrected chi connectivity index (χ0v) is 16.1. The van der Waals surface area contributed by atoms with Crippen molar-refractivity contribution in [1.29, 1.82) is 5.26 Å². The monoisotopic (exact) mass is 386 g/mol. The number of rotatable bonds is 4. The Labute approximate surface area is 169 Å². The third-order valence-corrected chi connectivity index (χ3v) is 5.53. The summed E-state index contributed by atoms with van der Waals surface area (Å²) in [4.78, 5) is 21.0. The predicted molar refractivity (Wildman–Crippen MR) is 109 cm³/mol. The van der Waals surface area contributed by atoms with Crippen LogP contribution in [0.1, 0.15) is 49.2 Å². The molecule has 0 saturated heterocycles. The molecule has 0 unspecified atom stereocenters. The molecule has 1 N–H and O–H groups in total. The number of carbonyl (C=O) groups is 1. The van der Waals surface area contributed by atoms with Crippen LogP contribution in [-0.2, 0) is 16.9 Å². The highest BCUT2D eigenvalue weighted by Gasteiger charge is 2.37. The van der Waals surface area contributed by atoms with Crippen LogP contribution >= 0.6 is 0 Å². The summed E-state index contributed by atoms with van der Waals surface area (Å²) in [6, 6.07) is 17.8. The van der Waals surface area contributed by atoms with Gasteiger partial charge in [-0.2, -0.15) is 5.26 Å². The highest BCUT2D eigenvalue weighted by atomic mass is 16.5. The summed E-state index contributed by atoms with van der Waals surface area (Å²) < 4.78 is 5.58. The highest BCUT2D eigenvalue weighted by Crippen LogP contribution is 2.36. The van der Waals surface area contributed by atoms with E-state index in [-0.39, 0.29) is 12.4 Å². The van der Waals surface area contributed by atoms with Crippen molar-refractivity contribution in [2.24, 2.45) is 0 Å². The first-order valence-corrected chi connectivity index (χ1v) is 9.85. The van der Waals surface area contributed by atoms with E-state index < -0.39 is 11.6 Å². The number of amides is 1. The van der Waals surface area contributed by atoms with Gasteiger partial charge in [-0.05, 0) is 35.2 Å². The van der Waals surface area contributed by atoms with E-state index in [9.17, 15) is 4.79 Å². The quantitative estimate of drug-likeness (QED) is 0.709. The first kappa shape index (κ1) is 18.9. The zero-order chi connectivity index (χ0) is 20.1. The lowest BCUT2D eigenvalue weighted by atomic mass is 9.79. The van der Waals surface area contributed by atoms with Gasteiger partial charge in [0.1, 0.15) is 12.7 Å². The summed E-state index contributed by atoms with van der Waals surface area (Å²) in [5.41, 5.74) is 1.01. The number of nitriles is 1. The summed E-state index contributed by atoms with van der Waals surface area (Å²) in [6.45, 7) is 0.191. The lowest BCUT2D eigenvalue weighted by Crippen LogP contribution is -2.48. The van der Waals surface area contributed by atoms with Crippen molar-refractivity contribution >= 4 is 16.9 Å². The molecule has 4 rings (SSSR count). The molecular formula is C23H22N4O2. The Morgan fingerprint density at radius 1 is 1.10 bits per heavy atom. The van der Waals surface area contributed by atoms with Crippen LogP contribution < -0.4 is 5.32 Å². The van der Waals surface area contributed by atoms with E-state index in [0.717, 1.165) is 48.4 Å². The first-order valence-electron chi connectivity index (χ1n) is 9.85. The second-order valence-corrected chi connectivity index (χ2v) is 7.36. The van der Waals surface area contributed by atoms with Crippen molar-refractivity contribution in [3.05, 3.63) is 71.8 Å². The van der Waals surface area contributed by atoms with Crippen LogP contribution in [0.25, 0.3) is 10.8 Å². The molecule has 1 aliphatic carbocycles. The van der Waals surface area contributed by atoms with Gasteiger partial charge in [-0.1, -0.05) is 61.7 Å². The summed E-state index contributed by atoms with van der Waals surface area (Å²) >= 11 is 0. The van der Waals surface area contributed by atoms with Crippen LogP contribution in [0.5, 0.6) is 0 Å². The second-order valence-electron chi connectivity index (χ2n) is 7.36. The number of aromatic nitrogens is 2. The smallest absolute Gasteiger partial charge is 0.408 e. The SMILES string of the molecule is N#Cc1nccc(C2(NC(=O)OCc3cccc4ccccc34)CCCCC2)n1. The minimum Gasteiger partial charge on any atom is -0.445 e. The number of hydrogen-bond donors (Lipinski definition) is 1. The number of fused-ring (bicyclic) bond motifs is 1. The largest absolute Gasteiger partial charge is 0.445 e. The molecule has 1 aliphatic rings. The van der Waals surface area contributed by atoms with Gasteiger partial charge in [0, 0.05) is 6.20 Å². The zero-order valence-electron chi connectivity index (χ0n) is 16.1. The molecule has 1 amide bonds. The highest BCUT2D eigenvalue weighted by molar-refractivity contribution is 5.85. The molecule has 0 bridgehead atoms. The average molecular weight is 386 g/mol. The van der Waals surface area contributed by atoms with Crippen molar-refractivity contribution in [1.82, 2.24) is 15.3 Å². The Morgan fingerprint density at radius 3 is 2.72 bits per heavy atom. The fraction of sp³-hybridized carbons (Fsp3) is 0.304. The first-order chi connectivity index (χ1) is 14.2. The average Bonchev–Trinajstić information content (AvgIpc) is 2.78. The lowest BCUT2D eigenvalue weighted by Gasteiger charge is -2.37. The number of hydrogen-bond acceptors (Lipinski definition) is 5. The third kappa shape index (κ3) is 4.04. The van der Waals surface area contributed by atoms with Crippen molar-refractivity contribution in [2.45, 2.75) is 44.2 Å². The van der Waals surface area contributed by atoms with E-state index in [1.807, 2.05) is 48.5 Å². The van der Waals surface area contributed by atoms with Gasteiger partial charge in [-0.25, -0.2) is 14.8 Å². The van der Waals surface area contributed by atoms with Crippen molar-refractivity contribution < 1.29 is 9.53 Å². The van der Waals surface area contributed by atoms with Crippen LogP contribution in [0.4, 0.5) is 4.79 Å². The van der Waals surface area contributed by atoms with E-state index in [0.29, 0.717) is 5.69 Å². The number of benzene rings is 2. The Bertz CT molecular complexity index is 1060. The van der Waals surface area contributed by atoms with Crippen LogP contribution in [-0.4, -0.2) is 16.1 Å². The molecule has 0 atom stereocenters. The second kappa shape index (κ2) is 8.27. The van der Waals surface area contributed by atoms with E-state index in [4.69, 9.17) is 10.00 Å². The van der Waals surface area contributed by atoms with Gasteiger partial charge in [-0.15, -0.1) is 0 Å². The van der Waals surface area contributed by atoms with Crippen LogP contribution in [0.3, 0.4) is 0 Å². The minimum atomic E-state index is -0.622. The molecule has 3 aromatic rings. The maximum absolute atomic E-state index is 12.7. The molecule has 0 spiro atoms. The fourth-order valence-electron chi connectivity index (χ4n) is 4.07. The third-order valence-electron chi connectivity index (χ3n) is 5.53. The molecule has 0 radical (unpaired) electrons. The van der Waals surface area contributed by atoms with E-state index in [2.05, 4.69) is 15.3 Å². The lowest BCUT2D eigenvalue weighted by molar-refractivity contribution is 0.116. The molecule has 1 saturated carbocycles. The minimum absolute atomic E-state index is 0.110. The topological polar surface area (TPSA) is 87.9 Å². The van der Waals surface area contributed by atoms with E-state index >= 15 is 0 Å². The molecule has 6 nitrogen and oxygen atoms in total. The summed E-state index contributed by atoms with van der Waals surface area (Å²) in [7, 11) is 0. The van der Waals surface area contributed by atoms with Crippen LogP contribution in [0.2, 0.25) is 0 Å². The molecule has 29 heavy (non-hydrogen) atoms. The Balaban J connectivity index is 1.52. The molecule has 1 heterocycles. The maximum atomic E-state index is 12.7. The van der Waals surface area contributed by atoms with E-state index in [1.165, 1.54) is 0 Å². The fourth-order valence-corrected chi connectivity index (χ4v) is 4.07. The Hall–Kier alpha value is -3.46. The van der Waals surface area contributed by atoms with Gasteiger partial charge in [-0.3, -0.25) is 0 Å². The number of alkyl carbamates (subject to hydrolysis) is 1. The van der Waals surface area contributed by atoms with Crippen LogP contribution in [0, 0.1) is 11.3 Å². The molecule has 146 valence electrons. The molecule has 0 aliphatic heterocycles.